The average molecular weight is 584 g/mol. The van der Waals surface area contributed by atoms with Gasteiger partial charge in [-0.15, -0.1) is 24.8 Å². The van der Waals surface area contributed by atoms with E-state index in [2.05, 4.69) is 82.6 Å². The van der Waals surface area contributed by atoms with E-state index in [1.54, 1.807) is 0 Å². The summed E-state index contributed by atoms with van der Waals surface area (Å²) in [6.07, 6.45) is 0.889. The highest BCUT2D eigenvalue weighted by molar-refractivity contribution is 5.85. The highest BCUT2D eigenvalue weighted by Gasteiger charge is 2.21. The Morgan fingerprint density at radius 3 is 1.70 bits per heavy atom. The van der Waals surface area contributed by atoms with Crippen molar-refractivity contribution in [3.05, 3.63) is 132 Å². The normalized spacial score (nSPS) is 14.1. The Kier molecular flexibility index (Phi) is 14.6. The fourth-order valence-electron chi connectivity index (χ4n) is 4.83. The van der Waals surface area contributed by atoms with Gasteiger partial charge in [0, 0.05) is 45.7 Å². The second-order valence-corrected chi connectivity index (χ2v) is 9.63. The van der Waals surface area contributed by atoms with Crippen LogP contribution in [0.2, 0.25) is 0 Å². The molecule has 0 saturated carbocycles. The Hall–Kier alpha value is -3.06. The zero-order chi connectivity index (χ0) is 25.1. The van der Waals surface area contributed by atoms with Gasteiger partial charge < -0.3 is 19.8 Å². The topological polar surface area (TPSA) is 56.4 Å². The molecule has 40 heavy (non-hydrogen) atoms. The molecule has 5 rings (SSSR count). The maximum Gasteiger partial charge on any atom is 0.162 e. The number of benzene rings is 4. The molecule has 0 bridgehead atoms. The van der Waals surface area contributed by atoms with Crippen LogP contribution < -0.4 is 9.47 Å². The van der Waals surface area contributed by atoms with E-state index in [0.29, 0.717) is 6.61 Å². The molecule has 1 saturated heterocycles. The molecule has 7 heteroatoms. The third-order valence-electron chi connectivity index (χ3n) is 6.95. The van der Waals surface area contributed by atoms with E-state index in [-0.39, 0.29) is 36.4 Å². The van der Waals surface area contributed by atoms with Crippen molar-refractivity contribution in [2.75, 3.05) is 32.7 Å². The fraction of sp³-hybridized carbons (Fsp3) is 0.273. The third-order valence-corrected chi connectivity index (χ3v) is 6.95. The van der Waals surface area contributed by atoms with Crippen LogP contribution in [0.1, 0.15) is 29.2 Å². The quantitative estimate of drug-likeness (QED) is 0.199. The Bertz CT molecular complexity index is 1210. The Morgan fingerprint density at radius 2 is 1.07 bits per heavy atom. The summed E-state index contributed by atoms with van der Waals surface area (Å²) in [5.41, 5.74) is 3.73. The summed E-state index contributed by atoms with van der Waals surface area (Å²) in [6.45, 7) is 6.93. The Morgan fingerprint density at radius 1 is 0.575 bits per heavy atom. The van der Waals surface area contributed by atoms with Crippen molar-refractivity contribution >= 4 is 24.8 Å². The van der Waals surface area contributed by atoms with Crippen LogP contribution in [-0.2, 0) is 13.2 Å². The van der Waals surface area contributed by atoms with Crippen LogP contribution in [0, 0.1) is 0 Å². The molecular weight excluding hydrogens is 543 g/mol. The molecule has 1 aliphatic heterocycles. The SMILES string of the molecule is Cl.Cl.O.c1ccc(COc2ccccc2OC(CCN2CCN(Cc3ccccc3)CC2)c2ccccc2)cc1. The lowest BCUT2D eigenvalue weighted by molar-refractivity contribution is 0.105. The molecule has 4 aromatic rings. The van der Waals surface area contributed by atoms with Gasteiger partial charge in [-0.05, 0) is 28.8 Å². The van der Waals surface area contributed by atoms with E-state index in [0.717, 1.165) is 62.8 Å². The van der Waals surface area contributed by atoms with Crippen LogP contribution >= 0.6 is 24.8 Å². The maximum absolute atomic E-state index is 6.65. The molecule has 0 aromatic heterocycles. The van der Waals surface area contributed by atoms with Gasteiger partial charge in [-0.3, -0.25) is 4.90 Å². The number of hydrogen-bond donors (Lipinski definition) is 0. The number of para-hydroxylation sites is 2. The number of piperazine rings is 1. The molecule has 0 spiro atoms. The van der Waals surface area contributed by atoms with E-state index in [1.807, 2.05) is 42.5 Å². The third kappa shape index (κ3) is 9.84. The lowest BCUT2D eigenvalue weighted by atomic mass is 10.1. The van der Waals surface area contributed by atoms with Crippen LogP contribution in [-0.4, -0.2) is 48.0 Å². The summed E-state index contributed by atoms with van der Waals surface area (Å²) >= 11 is 0. The molecule has 5 nitrogen and oxygen atoms in total. The molecule has 0 aliphatic carbocycles. The second kappa shape index (κ2) is 17.6. The first-order valence-electron chi connectivity index (χ1n) is 13.3. The highest BCUT2D eigenvalue weighted by atomic mass is 35.5. The van der Waals surface area contributed by atoms with Crippen LogP contribution in [0.5, 0.6) is 11.5 Å². The zero-order valence-corrected chi connectivity index (χ0v) is 24.4. The highest BCUT2D eigenvalue weighted by Crippen LogP contribution is 2.33. The van der Waals surface area contributed by atoms with Gasteiger partial charge in [0.05, 0.1) is 0 Å². The summed E-state index contributed by atoms with van der Waals surface area (Å²) in [7, 11) is 0. The molecule has 1 atom stereocenters. The van der Waals surface area contributed by atoms with Gasteiger partial charge in [0.25, 0.3) is 0 Å². The summed E-state index contributed by atoms with van der Waals surface area (Å²) in [5.74, 6) is 1.57. The number of nitrogens with zero attached hydrogens (tertiary/aromatic N) is 2. The molecule has 1 unspecified atom stereocenters. The summed E-state index contributed by atoms with van der Waals surface area (Å²) in [4.78, 5) is 5.12. The van der Waals surface area contributed by atoms with Gasteiger partial charge in [0.15, 0.2) is 11.5 Å². The zero-order valence-electron chi connectivity index (χ0n) is 22.7. The average Bonchev–Trinajstić information content (AvgIpc) is 2.97. The first-order chi connectivity index (χ1) is 18.3. The van der Waals surface area contributed by atoms with Gasteiger partial charge in [0.1, 0.15) is 12.7 Å². The van der Waals surface area contributed by atoms with Crippen molar-refractivity contribution in [3.8, 4) is 11.5 Å². The number of ether oxygens (including phenoxy) is 2. The van der Waals surface area contributed by atoms with Crippen molar-refractivity contribution in [3.63, 3.8) is 0 Å². The van der Waals surface area contributed by atoms with Crippen LogP contribution in [0.4, 0.5) is 0 Å². The summed E-state index contributed by atoms with van der Waals surface area (Å²) in [6, 6.07) is 39.6. The standard InChI is InChI=1S/C33H36N2O2.2ClH.H2O/c1-4-12-28(13-5-1)26-35-24-22-34(23-25-35)21-20-31(30-16-8-3-9-17-30)37-33-19-11-10-18-32(33)36-27-29-14-6-2-7-15-29;;;/h1-19,31H,20-27H2;2*1H;1H2. The van der Waals surface area contributed by atoms with Crippen LogP contribution in [0.25, 0.3) is 0 Å². The minimum atomic E-state index is -0.0370. The molecule has 1 aliphatic rings. The van der Waals surface area contributed by atoms with E-state index < -0.39 is 0 Å². The van der Waals surface area contributed by atoms with Gasteiger partial charge in [-0.1, -0.05) is 103 Å². The van der Waals surface area contributed by atoms with Gasteiger partial charge in [-0.2, -0.15) is 0 Å². The molecular formula is C33H40Cl2N2O3. The van der Waals surface area contributed by atoms with E-state index in [1.165, 1.54) is 11.1 Å². The lowest BCUT2D eigenvalue weighted by Crippen LogP contribution is -2.46. The summed E-state index contributed by atoms with van der Waals surface area (Å²) < 4.78 is 12.8. The van der Waals surface area contributed by atoms with Crippen LogP contribution in [0.15, 0.2) is 115 Å². The van der Waals surface area contributed by atoms with Crippen molar-refractivity contribution < 1.29 is 14.9 Å². The Balaban J connectivity index is 0.00000187. The van der Waals surface area contributed by atoms with Crippen molar-refractivity contribution in [1.29, 1.82) is 0 Å². The first-order valence-corrected chi connectivity index (χ1v) is 13.3. The minimum Gasteiger partial charge on any atom is -0.485 e. The largest absolute Gasteiger partial charge is 0.485 e. The smallest absolute Gasteiger partial charge is 0.162 e. The lowest BCUT2D eigenvalue weighted by Gasteiger charge is -2.35. The van der Waals surface area contributed by atoms with Gasteiger partial charge in [-0.25, -0.2) is 0 Å². The predicted molar refractivity (Wildman–Crippen MR) is 168 cm³/mol. The van der Waals surface area contributed by atoms with Crippen LogP contribution in [0.3, 0.4) is 0 Å². The number of hydrogen-bond acceptors (Lipinski definition) is 4. The van der Waals surface area contributed by atoms with E-state index in [4.69, 9.17) is 9.47 Å². The molecule has 0 amide bonds. The van der Waals surface area contributed by atoms with Gasteiger partial charge in [0.2, 0.25) is 0 Å². The fourth-order valence-corrected chi connectivity index (χ4v) is 4.83. The number of rotatable bonds is 11. The summed E-state index contributed by atoms with van der Waals surface area (Å²) in [5, 5.41) is 0. The molecule has 4 aromatic carbocycles. The van der Waals surface area contributed by atoms with E-state index in [9.17, 15) is 0 Å². The second-order valence-electron chi connectivity index (χ2n) is 9.63. The maximum atomic E-state index is 6.65. The molecule has 1 fully saturated rings. The first kappa shape index (κ1) is 33.1. The van der Waals surface area contributed by atoms with Crippen molar-refractivity contribution in [2.24, 2.45) is 0 Å². The monoisotopic (exact) mass is 582 g/mol. The Labute approximate surface area is 250 Å². The number of halogens is 2. The molecule has 1 heterocycles. The minimum absolute atomic E-state index is 0. The van der Waals surface area contributed by atoms with E-state index >= 15 is 0 Å². The molecule has 214 valence electrons. The molecule has 0 radical (unpaired) electrons. The van der Waals surface area contributed by atoms with Gasteiger partial charge >= 0.3 is 0 Å². The van der Waals surface area contributed by atoms with Crippen molar-refractivity contribution in [1.82, 2.24) is 9.80 Å². The molecule has 2 N–H and O–H groups in total. The van der Waals surface area contributed by atoms with Crippen molar-refractivity contribution in [2.45, 2.75) is 25.7 Å². The predicted octanol–water partition coefficient (Wildman–Crippen LogP) is 6.61.